The molecule has 0 N–H and O–H groups in total. The number of halogens is 1. The third-order valence-corrected chi connectivity index (χ3v) is 1.97. The standard InChI is InChI=1S/C7H5FO.C7H6O/c8-7-4-2-1-3-6(7)5-9;8-6-7-4-2-1-3-5-7/h1-5H;1-6H. The molecular weight excluding hydrogens is 219 g/mol. The van der Waals surface area contributed by atoms with Crippen LogP contribution < -0.4 is 0 Å². The van der Waals surface area contributed by atoms with Crippen LogP contribution in [0.1, 0.15) is 20.7 Å². The molecule has 0 aliphatic carbocycles. The van der Waals surface area contributed by atoms with E-state index < -0.39 is 5.82 Å². The van der Waals surface area contributed by atoms with Gasteiger partial charge in [0.2, 0.25) is 0 Å². The molecule has 2 aromatic carbocycles. The van der Waals surface area contributed by atoms with Gasteiger partial charge in [0.15, 0.2) is 6.29 Å². The summed E-state index contributed by atoms with van der Waals surface area (Å²) in [4.78, 5) is 20.0. The second kappa shape index (κ2) is 7.06. The first-order valence-corrected chi connectivity index (χ1v) is 4.98. The Hall–Kier alpha value is -2.29. The van der Waals surface area contributed by atoms with Crippen LogP contribution in [0, 0.1) is 5.82 Å². The predicted molar refractivity (Wildman–Crippen MR) is 63.6 cm³/mol. The monoisotopic (exact) mass is 230 g/mol. The maximum absolute atomic E-state index is 12.4. The third kappa shape index (κ3) is 4.38. The zero-order chi connectivity index (χ0) is 12.5. The number of carbonyl (C=O) groups excluding carboxylic acids is 2. The molecule has 17 heavy (non-hydrogen) atoms. The molecular formula is C14H11FO2. The van der Waals surface area contributed by atoms with Gasteiger partial charge >= 0.3 is 0 Å². The summed E-state index contributed by atoms with van der Waals surface area (Å²) in [6.07, 6.45) is 1.33. The number of hydrogen-bond acceptors (Lipinski definition) is 2. The number of carbonyl (C=O) groups is 2. The van der Waals surface area contributed by atoms with Crippen molar-refractivity contribution >= 4 is 12.6 Å². The van der Waals surface area contributed by atoms with Crippen molar-refractivity contribution in [2.24, 2.45) is 0 Å². The molecule has 86 valence electrons. The first kappa shape index (κ1) is 12.8. The summed E-state index contributed by atoms with van der Waals surface area (Å²) in [5, 5.41) is 0. The molecule has 3 heteroatoms. The molecule has 0 aliphatic heterocycles. The lowest BCUT2D eigenvalue weighted by Gasteiger charge is -1.88. The molecule has 0 atom stereocenters. The Labute approximate surface area is 98.7 Å². The van der Waals surface area contributed by atoms with Gasteiger partial charge < -0.3 is 0 Å². The van der Waals surface area contributed by atoms with Crippen LogP contribution >= 0.6 is 0 Å². The van der Waals surface area contributed by atoms with Crippen LogP contribution in [0.5, 0.6) is 0 Å². The van der Waals surface area contributed by atoms with E-state index >= 15 is 0 Å². The Morgan fingerprint density at radius 1 is 0.765 bits per heavy atom. The van der Waals surface area contributed by atoms with Crippen LogP contribution in [0.4, 0.5) is 4.39 Å². The molecule has 2 aromatic rings. The van der Waals surface area contributed by atoms with Gasteiger partial charge in [-0.05, 0) is 12.1 Å². The molecule has 2 rings (SSSR count). The van der Waals surface area contributed by atoms with E-state index in [9.17, 15) is 14.0 Å². The molecule has 0 fully saturated rings. The van der Waals surface area contributed by atoms with E-state index in [0.717, 1.165) is 11.8 Å². The average Bonchev–Trinajstić information content (AvgIpc) is 2.41. The number of rotatable bonds is 2. The van der Waals surface area contributed by atoms with E-state index in [2.05, 4.69) is 0 Å². The lowest BCUT2D eigenvalue weighted by molar-refractivity contribution is 0.111. The second-order valence-corrected chi connectivity index (χ2v) is 3.17. The SMILES string of the molecule is O=Cc1ccccc1.O=Cc1ccccc1F. The molecule has 0 bridgehead atoms. The first-order chi connectivity index (χ1) is 8.27. The molecule has 0 radical (unpaired) electrons. The van der Waals surface area contributed by atoms with Gasteiger partial charge in [0.1, 0.15) is 12.1 Å². The highest BCUT2D eigenvalue weighted by molar-refractivity contribution is 5.75. The average molecular weight is 230 g/mol. The normalized spacial score (nSPS) is 8.76. The zero-order valence-electron chi connectivity index (χ0n) is 9.05. The van der Waals surface area contributed by atoms with Gasteiger partial charge in [0, 0.05) is 5.56 Å². The van der Waals surface area contributed by atoms with E-state index in [4.69, 9.17) is 0 Å². The van der Waals surface area contributed by atoms with Crippen molar-refractivity contribution in [1.82, 2.24) is 0 Å². The quantitative estimate of drug-likeness (QED) is 0.743. The molecule has 0 saturated heterocycles. The minimum atomic E-state index is -0.465. The van der Waals surface area contributed by atoms with E-state index in [1.807, 2.05) is 18.2 Å². The second-order valence-electron chi connectivity index (χ2n) is 3.17. The summed E-state index contributed by atoms with van der Waals surface area (Å²) in [6, 6.07) is 14.9. The Kier molecular flexibility index (Phi) is 5.31. The van der Waals surface area contributed by atoms with Crippen molar-refractivity contribution in [1.29, 1.82) is 0 Å². The highest BCUT2D eigenvalue weighted by Crippen LogP contribution is 2.01. The van der Waals surface area contributed by atoms with E-state index in [0.29, 0.717) is 6.29 Å². The van der Waals surface area contributed by atoms with Crippen molar-refractivity contribution in [3.8, 4) is 0 Å². The van der Waals surface area contributed by atoms with Crippen LogP contribution in [-0.4, -0.2) is 12.6 Å². The van der Waals surface area contributed by atoms with Crippen molar-refractivity contribution in [2.75, 3.05) is 0 Å². The Morgan fingerprint density at radius 2 is 1.35 bits per heavy atom. The first-order valence-electron chi connectivity index (χ1n) is 4.98. The lowest BCUT2D eigenvalue weighted by atomic mass is 10.2. The van der Waals surface area contributed by atoms with Gasteiger partial charge in [-0.2, -0.15) is 0 Å². The predicted octanol–water partition coefficient (Wildman–Crippen LogP) is 3.14. The minimum absolute atomic E-state index is 0.109. The molecule has 2 nitrogen and oxygen atoms in total. The molecule has 0 aromatic heterocycles. The van der Waals surface area contributed by atoms with E-state index in [-0.39, 0.29) is 5.56 Å². The summed E-state index contributed by atoms with van der Waals surface area (Å²) < 4.78 is 12.4. The largest absolute Gasteiger partial charge is 0.298 e. The molecule has 0 aliphatic rings. The van der Waals surface area contributed by atoms with E-state index in [1.54, 1.807) is 24.3 Å². The smallest absolute Gasteiger partial charge is 0.152 e. The van der Waals surface area contributed by atoms with Crippen molar-refractivity contribution in [2.45, 2.75) is 0 Å². The highest BCUT2D eigenvalue weighted by Gasteiger charge is 1.94. The van der Waals surface area contributed by atoms with E-state index in [1.165, 1.54) is 12.1 Å². The summed E-state index contributed by atoms with van der Waals surface area (Å²) in [5.41, 5.74) is 0.838. The fourth-order valence-corrected chi connectivity index (χ4v) is 1.10. The molecule has 0 spiro atoms. The highest BCUT2D eigenvalue weighted by atomic mass is 19.1. The Bertz CT molecular complexity index is 481. The maximum atomic E-state index is 12.4. The molecule has 0 heterocycles. The van der Waals surface area contributed by atoms with Crippen LogP contribution in [-0.2, 0) is 0 Å². The minimum Gasteiger partial charge on any atom is -0.298 e. The van der Waals surface area contributed by atoms with Crippen LogP contribution in [0.3, 0.4) is 0 Å². The molecule has 0 saturated carbocycles. The van der Waals surface area contributed by atoms with Crippen LogP contribution in [0.15, 0.2) is 54.6 Å². The van der Waals surface area contributed by atoms with Crippen molar-refractivity contribution in [3.05, 3.63) is 71.5 Å². The lowest BCUT2D eigenvalue weighted by Crippen LogP contribution is -1.83. The third-order valence-electron chi connectivity index (χ3n) is 1.97. The summed E-state index contributed by atoms with van der Waals surface area (Å²) in [5.74, 6) is -0.465. The fourth-order valence-electron chi connectivity index (χ4n) is 1.10. The fraction of sp³-hybridized carbons (Fsp3) is 0. The summed E-state index contributed by atoms with van der Waals surface area (Å²) in [7, 11) is 0. The van der Waals surface area contributed by atoms with Gasteiger partial charge in [-0.3, -0.25) is 9.59 Å². The van der Waals surface area contributed by atoms with Crippen molar-refractivity contribution < 1.29 is 14.0 Å². The molecule has 0 amide bonds. The van der Waals surface area contributed by atoms with Gasteiger partial charge in [0.05, 0.1) is 5.56 Å². The van der Waals surface area contributed by atoms with Crippen LogP contribution in [0.25, 0.3) is 0 Å². The topological polar surface area (TPSA) is 34.1 Å². The van der Waals surface area contributed by atoms with Gasteiger partial charge in [-0.15, -0.1) is 0 Å². The zero-order valence-corrected chi connectivity index (χ0v) is 9.05. The van der Waals surface area contributed by atoms with Gasteiger partial charge in [0.25, 0.3) is 0 Å². The Morgan fingerprint density at radius 3 is 1.76 bits per heavy atom. The maximum Gasteiger partial charge on any atom is 0.152 e. The van der Waals surface area contributed by atoms with Crippen LogP contribution in [0.2, 0.25) is 0 Å². The number of benzene rings is 2. The number of aldehydes is 2. The molecule has 0 unspecified atom stereocenters. The van der Waals surface area contributed by atoms with Crippen molar-refractivity contribution in [3.63, 3.8) is 0 Å². The van der Waals surface area contributed by atoms with Gasteiger partial charge in [-0.25, -0.2) is 4.39 Å². The van der Waals surface area contributed by atoms with Gasteiger partial charge in [-0.1, -0.05) is 42.5 Å². The summed E-state index contributed by atoms with van der Waals surface area (Å²) in [6.45, 7) is 0. The Balaban J connectivity index is 0.000000171. The summed E-state index contributed by atoms with van der Waals surface area (Å²) >= 11 is 0. The number of hydrogen-bond donors (Lipinski definition) is 0.